The zero-order valence-corrected chi connectivity index (χ0v) is 16.5. The predicted octanol–water partition coefficient (Wildman–Crippen LogP) is 1.05. The molecular weight excluding hydrogens is 358 g/mol. The summed E-state index contributed by atoms with van der Waals surface area (Å²) in [5.41, 5.74) is 0.541. The van der Waals surface area contributed by atoms with Gasteiger partial charge in [0.15, 0.2) is 5.65 Å². The normalized spacial score (nSPS) is 19.5. The summed E-state index contributed by atoms with van der Waals surface area (Å²) < 4.78 is 1.49. The fraction of sp³-hybridized carbons (Fsp3) is 0.600. The van der Waals surface area contributed by atoms with Crippen LogP contribution in [0.5, 0.6) is 0 Å². The third kappa shape index (κ3) is 3.37. The summed E-state index contributed by atoms with van der Waals surface area (Å²) in [6.07, 6.45) is 3.74. The number of hydrogen-bond acceptors (Lipinski definition) is 5. The van der Waals surface area contributed by atoms with E-state index >= 15 is 0 Å². The van der Waals surface area contributed by atoms with E-state index in [0.717, 1.165) is 37.9 Å². The molecule has 150 valence electrons. The molecule has 2 aliphatic rings. The highest BCUT2D eigenvalue weighted by molar-refractivity contribution is 6.05. The van der Waals surface area contributed by atoms with Gasteiger partial charge in [0.1, 0.15) is 0 Å². The van der Waals surface area contributed by atoms with Gasteiger partial charge in [-0.3, -0.25) is 19.1 Å². The first-order valence-corrected chi connectivity index (χ1v) is 10.1. The fourth-order valence-corrected chi connectivity index (χ4v) is 4.12. The number of fused-ring (bicyclic) bond motifs is 1. The summed E-state index contributed by atoms with van der Waals surface area (Å²) in [5, 5.41) is 3.40. The molecule has 1 aliphatic carbocycles. The van der Waals surface area contributed by atoms with Crippen molar-refractivity contribution in [1.82, 2.24) is 24.8 Å². The lowest BCUT2D eigenvalue weighted by molar-refractivity contribution is 0.0789. The van der Waals surface area contributed by atoms with Gasteiger partial charge in [0.2, 0.25) is 0 Å². The quantitative estimate of drug-likeness (QED) is 0.774. The maximum atomic E-state index is 13.3. The molecule has 4 rings (SSSR count). The van der Waals surface area contributed by atoms with Crippen molar-refractivity contribution < 1.29 is 4.79 Å². The predicted molar refractivity (Wildman–Crippen MR) is 107 cm³/mol. The third-order valence-electron chi connectivity index (χ3n) is 5.71. The minimum absolute atomic E-state index is 0.139. The molecule has 0 bridgehead atoms. The Labute approximate surface area is 163 Å². The molecule has 8 nitrogen and oxygen atoms in total. The van der Waals surface area contributed by atoms with E-state index in [1.165, 1.54) is 4.57 Å². The van der Waals surface area contributed by atoms with Crippen molar-refractivity contribution in [1.29, 1.82) is 0 Å². The smallest absolute Gasteiger partial charge is 0.329 e. The second-order valence-corrected chi connectivity index (χ2v) is 7.94. The topological polar surface area (TPSA) is 100 Å². The van der Waals surface area contributed by atoms with E-state index in [2.05, 4.69) is 15.3 Å². The van der Waals surface area contributed by atoms with Crippen molar-refractivity contribution in [2.24, 2.45) is 5.92 Å². The van der Waals surface area contributed by atoms with Crippen LogP contribution in [0.25, 0.3) is 11.0 Å². The molecule has 28 heavy (non-hydrogen) atoms. The number of H-pyrrole nitrogens is 1. The lowest BCUT2D eigenvalue weighted by atomic mass is 10.1. The molecule has 2 fully saturated rings. The Bertz CT molecular complexity index is 1020. The van der Waals surface area contributed by atoms with Crippen molar-refractivity contribution >= 4 is 16.9 Å². The number of amides is 1. The van der Waals surface area contributed by atoms with Crippen LogP contribution in [-0.2, 0) is 6.54 Å². The van der Waals surface area contributed by atoms with Gasteiger partial charge in [0.05, 0.1) is 10.9 Å². The Hall–Kier alpha value is -2.48. The van der Waals surface area contributed by atoms with Gasteiger partial charge in [-0.1, -0.05) is 6.92 Å². The van der Waals surface area contributed by atoms with E-state index < -0.39 is 11.2 Å². The van der Waals surface area contributed by atoms with Crippen LogP contribution in [-0.4, -0.2) is 52.0 Å². The number of aromatic amines is 1. The SMILES string of the molecule is CCCn1c(=O)[nH]c(=O)c2c(C(=O)N3CCC(CNC)C3)cc(C3CC3)nc21. The molecule has 0 spiro atoms. The second kappa shape index (κ2) is 7.50. The molecular formula is C20H27N5O3. The summed E-state index contributed by atoms with van der Waals surface area (Å²) in [6.45, 7) is 4.64. The van der Waals surface area contributed by atoms with E-state index in [1.807, 2.05) is 18.9 Å². The zero-order chi connectivity index (χ0) is 19.8. The Balaban J connectivity index is 1.85. The van der Waals surface area contributed by atoms with Crippen LogP contribution in [0.2, 0.25) is 0 Å². The molecule has 2 N–H and O–H groups in total. The number of carbonyl (C=O) groups is 1. The van der Waals surface area contributed by atoms with Crippen LogP contribution in [0, 0.1) is 5.92 Å². The number of carbonyl (C=O) groups excluding carboxylic acids is 1. The van der Waals surface area contributed by atoms with E-state index in [9.17, 15) is 14.4 Å². The maximum absolute atomic E-state index is 13.3. The highest BCUT2D eigenvalue weighted by atomic mass is 16.2. The van der Waals surface area contributed by atoms with Crippen LogP contribution >= 0.6 is 0 Å². The van der Waals surface area contributed by atoms with E-state index in [1.54, 1.807) is 6.07 Å². The number of aromatic nitrogens is 3. The highest BCUT2D eigenvalue weighted by Crippen LogP contribution is 2.40. The van der Waals surface area contributed by atoms with Crippen molar-refractivity contribution in [3.63, 3.8) is 0 Å². The van der Waals surface area contributed by atoms with E-state index in [-0.39, 0.29) is 11.3 Å². The van der Waals surface area contributed by atoms with Crippen LogP contribution in [0.15, 0.2) is 15.7 Å². The summed E-state index contributed by atoms with van der Waals surface area (Å²) in [5.74, 6) is 0.595. The Morgan fingerprint density at radius 3 is 2.79 bits per heavy atom. The molecule has 2 aromatic rings. The molecule has 8 heteroatoms. The summed E-state index contributed by atoms with van der Waals surface area (Å²) in [7, 11) is 1.91. The Kier molecular flexibility index (Phi) is 5.05. The Morgan fingerprint density at radius 2 is 2.11 bits per heavy atom. The van der Waals surface area contributed by atoms with Crippen molar-refractivity contribution in [3.05, 3.63) is 38.2 Å². The first kappa shape index (κ1) is 18.9. The van der Waals surface area contributed by atoms with E-state index in [0.29, 0.717) is 42.7 Å². The monoisotopic (exact) mass is 385 g/mol. The van der Waals surface area contributed by atoms with Crippen LogP contribution < -0.4 is 16.6 Å². The van der Waals surface area contributed by atoms with Crippen LogP contribution in [0.1, 0.15) is 54.6 Å². The number of nitrogens with one attached hydrogen (secondary N) is 2. The molecule has 1 aliphatic heterocycles. The first-order chi connectivity index (χ1) is 13.5. The summed E-state index contributed by atoms with van der Waals surface area (Å²) in [6, 6.07) is 1.78. The fourth-order valence-electron chi connectivity index (χ4n) is 4.12. The average molecular weight is 385 g/mol. The minimum atomic E-state index is -0.531. The molecule has 0 radical (unpaired) electrons. The number of hydrogen-bond donors (Lipinski definition) is 2. The Morgan fingerprint density at radius 1 is 1.32 bits per heavy atom. The molecule has 1 unspecified atom stereocenters. The second-order valence-electron chi connectivity index (χ2n) is 7.94. The summed E-state index contributed by atoms with van der Waals surface area (Å²) in [4.78, 5) is 47.2. The first-order valence-electron chi connectivity index (χ1n) is 10.1. The van der Waals surface area contributed by atoms with Gasteiger partial charge in [-0.15, -0.1) is 0 Å². The lowest BCUT2D eigenvalue weighted by Crippen LogP contribution is -2.35. The molecule has 1 saturated carbocycles. The standard InChI is InChI=1S/C20H27N5O3/c1-3-7-25-17-16(18(26)23-20(25)28)14(9-15(22-17)13-4-5-13)19(27)24-8-6-12(11-24)10-21-2/h9,12-13,21H,3-8,10-11H2,1-2H3,(H,23,26,28). The van der Waals surface area contributed by atoms with Gasteiger partial charge in [-0.2, -0.15) is 0 Å². The zero-order valence-electron chi connectivity index (χ0n) is 16.5. The number of nitrogens with zero attached hydrogens (tertiary/aromatic N) is 3. The van der Waals surface area contributed by atoms with Crippen LogP contribution in [0.3, 0.4) is 0 Å². The van der Waals surface area contributed by atoms with Gasteiger partial charge in [0, 0.05) is 31.2 Å². The molecule has 1 atom stereocenters. The lowest BCUT2D eigenvalue weighted by Gasteiger charge is -2.19. The molecule has 3 heterocycles. The minimum Gasteiger partial charge on any atom is -0.338 e. The molecule has 1 saturated heterocycles. The maximum Gasteiger partial charge on any atom is 0.329 e. The van der Waals surface area contributed by atoms with E-state index in [4.69, 9.17) is 0 Å². The van der Waals surface area contributed by atoms with Gasteiger partial charge >= 0.3 is 5.69 Å². The number of likely N-dealkylation sites (tertiary alicyclic amines) is 1. The third-order valence-corrected chi connectivity index (χ3v) is 5.71. The molecule has 2 aromatic heterocycles. The summed E-state index contributed by atoms with van der Waals surface area (Å²) >= 11 is 0. The van der Waals surface area contributed by atoms with Crippen molar-refractivity contribution in [2.45, 2.75) is 45.1 Å². The van der Waals surface area contributed by atoms with Crippen LogP contribution in [0.4, 0.5) is 0 Å². The van der Waals surface area contributed by atoms with Gasteiger partial charge in [-0.05, 0) is 51.3 Å². The average Bonchev–Trinajstić information content (AvgIpc) is 3.43. The van der Waals surface area contributed by atoms with Crippen molar-refractivity contribution in [3.8, 4) is 0 Å². The van der Waals surface area contributed by atoms with Crippen molar-refractivity contribution in [2.75, 3.05) is 26.7 Å². The van der Waals surface area contributed by atoms with Gasteiger partial charge in [0.25, 0.3) is 11.5 Å². The number of rotatable bonds is 6. The highest BCUT2D eigenvalue weighted by Gasteiger charge is 2.32. The van der Waals surface area contributed by atoms with Gasteiger partial charge < -0.3 is 10.2 Å². The van der Waals surface area contributed by atoms with Gasteiger partial charge in [-0.25, -0.2) is 9.78 Å². The molecule has 0 aromatic carbocycles. The number of pyridine rings is 1. The number of aryl methyl sites for hydroxylation is 1. The molecule has 1 amide bonds. The largest absolute Gasteiger partial charge is 0.338 e.